The molecule has 13 nitrogen and oxygen atoms in total. The Labute approximate surface area is 355 Å². The van der Waals surface area contributed by atoms with Crippen molar-refractivity contribution in [1.29, 1.82) is 5.26 Å². The molecule has 312 valence electrons. The first-order valence-corrected chi connectivity index (χ1v) is 22.2. The van der Waals surface area contributed by atoms with Crippen LogP contribution in [0.15, 0.2) is 89.7 Å². The van der Waals surface area contributed by atoms with Crippen LogP contribution in [0.1, 0.15) is 67.4 Å². The number of allylic oxidation sites excluding steroid dienone is 1. The molecule has 3 aromatic heterocycles. The number of piperazine rings is 1. The fraction of sp³-hybridized carbons (Fsp3) is 0.378. The van der Waals surface area contributed by atoms with Gasteiger partial charge in [0, 0.05) is 74.3 Å². The number of fused-ring (bicyclic) bond motifs is 1. The number of nitriles is 1. The lowest BCUT2D eigenvalue weighted by Crippen LogP contribution is -2.47. The Morgan fingerprint density at radius 3 is 2.58 bits per heavy atom. The molecule has 1 amide bonds. The molecule has 0 saturated carbocycles. The second-order valence-electron chi connectivity index (χ2n) is 16.5. The summed E-state index contributed by atoms with van der Waals surface area (Å²) in [7, 11) is -4.47. The molecular weight excluding hydrogens is 802 g/mol. The number of rotatable bonds is 12. The topological polar surface area (TPSA) is 163 Å². The molecule has 2 aliphatic heterocycles. The van der Waals surface area contributed by atoms with E-state index in [9.17, 15) is 18.5 Å². The largest absolute Gasteiger partial charge is 0.476 e. The van der Waals surface area contributed by atoms with E-state index in [1.807, 2.05) is 30.3 Å². The summed E-state index contributed by atoms with van der Waals surface area (Å²) in [4.78, 5) is 29.9. The Hall–Kier alpha value is -5.46. The molecule has 5 aromatic rings. The van der Waals surface area contributed by atoms with Crippen LogP contribution in [-0.4, -0.2) is 86.7 Å². The number of hydrogen-bond donors (Lipinski definition) is 2. The summed E-state index contributed by atoms with van der Waals surface area (Å²) in [5.41, 5.74) is 5.83. The van der Waals surface area contributed by atoms with Gasteiger partial charge in [0.05, 0.1) is 24.6 Å². The zero-order valence-electron chi connectivity index (χ0n) is 33.7. The van der Waals surface area contributed by atoms with Crippen molar-refractivity contribution in [2.45, 2.75) is 50.8 Å². The Morgan fingerprint density at radius 2 is 1.82 bits per heavy atom. The molecule has 0 spiro atoms. The molecule has 2 aromatic carbocycles. The number of anilines is 1. The van der Waals surface area contributed by atoms with Crippen molar-refractivity contribution in [1.82, 2.24) is 24.6 Å². The van der Waals surface area contributed by atoms with Crippen molar-refractivity contribution in [2.75, 3.05) is 57.4 Å². The number of aromatic nitrogens is 3. The lowest BCUT2D eigenvalue weighted by molar-refractivity contribution is 0.0490. The Bertz CT molecular complexity index is 2550. The minimum Gasteiger partial charge on any atom is -0.476 e. The lowest BCUT2D eigenvalue weighted by Gasteiger charge is -2.39. The molecule has 1 aliphatic carbocycles. The summed E-state index contributed by atoms with van der Waals surface area (Å²) in [6.07, 6.45) is 9.27. The molecule has 0 atom stereocenters. The van der Waals surface area contributed by atoms with Gasteiger partial charge in [0.15, 0.2) is 0 Å². The van der Waals surface area contributed by atoms with Gasteiger partial charge < -0.3 is 24.1 Å². The van der Waals surface area contributed by atoms with E-state index in [4.69, 9.17) is 25.8 Å². The predicted molar refractivity (Wildman–Crippen MR) is 230 cm³/mol. The SMILES string of the molecule is CC1(C)CCC(CN2CCN(c3ccc(C(=O)NS(=O)(=O)c4cnc(OCC5CCOCC5)c(C#N)c4)c(Oc4cnc5[nH]ccc5c4)c3)CC2)=C(c2ccc(Cl)cc2)C1. The van der Waals surface area contributed by atoms with Gasteiger partial charge in [-0.1, -0.05) is 43.2 Å². The summed E-state index contributed by atoms with van der Waals surface area (Å²) in [6.45, 7) is 10.3. The van der Waals surface area contributed by atoms with Crippen molar-refractivity contribution < 1.29 is 27.4 Å². The first-order chi connectivity index (χ1) is 28.9. The normalized spacial score (nSPS) is 17.7. The summed E-state index contributed by atoms with van der Waals surface area (Å²) in [5, 5.41) is 11.4. The Balaban J connectivity index is 0.995. The van der Waals surface area contributed by atoms with E-state index in [-0.39, 0.29) is 39.0 Å². The summed E-state index contributed by atoms with van der Waals surface area (Å²) in [6, 6.07) is 20.1. The number of ether oxygens (including phenoxy) is 3. The fourth-order valence-corrected chi connectivity index (χ4v) is 9.16. The zero-order valence-corrected chi connectivity index (χ0v) is 35.3. The van der Waals surface area contributed by atoms with Gasteiger partial charge >= 0.3 is 0 Å². The van der Waals surface area contributed by atoms with Gasteiger partial charge in [-0.15, -0.1) is 0 Å². The number of amides is 1. The molecule has 3 aliphatic rings. The lowest BCUT2D eigenvalue weighted by atomic mass is 9.72. The van der Waals surface area contributed by atoms with E-state index in [0.29, 0.717) is 31.2 Å². The number of halogens is 1. The highest BCUT2D eigenvalue weighted by atomic mass is 35.5. The number of sulfonamides is 1. The minimum atomic E-state index is -4.47. The molecule has 60 heavy (non-hydrogen) atoms. The van der Waals surface area contributed by atoms with Crippen molar-refractivity contribution in [3.63, 3.8) is 0 Å². The first-order valence-electron chi connectivity index (χ1n) is 20.3. The van der Waals surface area contributed by atoms with Gasteiger partial charge in [-0.25, -0.2) is 23.1 Å². The van der Waals surface area contributed by atoms with E-state index in [2.05, 4.69) is 55.5 Å². The fourth-order valence-electron chi connectivity index (χ4n) is 8.10. The maximum atomic E-state index is 13.9. The van der Waals surface area contributed by atoms with Crippen LogP contribution in [0.2, 0.25) is 5.02 Å². The molecular formula is C45H48ClN7O6S. The Morgan fingerprint density at radius 1 is 1.03 bits per heavy atom. The smallest absolute Gasteiger partial charge is 0.268 e. The summed E-state index contributed by atoms with van der Waals surface area (Å²) < 4.78 is 46.9. The first kappa shape index (κ1) is 41.3. The van der Waals surface area contributed by atoms with Crippen molar-refractivity contribution in [3.05, 3.63) is 107 Å². The maximum Gasteiger partial charge on any atom is 0.268 e. The quantitative estimate of drug-likeness (QED) is 0.125. The van der Waals surface area contributed by atoms with Crippen molar-refractivity contribution >= 4 is 49.8 Å². The average molecular weight is 850 g/mol. The van der Waals surface area contributed by atoms with Crippen LogP contribution >= 0.6 is 11.6 Å². The van der Waals surface area contributed by atoms with Crippen LogP contribution in [0.4, 0.5) is 5.69 Å². The van der Waals surface area contributed by atoms with Crippen LogP contribution in [0.25, 0.3) is 16.6 Å². The number of nitrogens with one attached hydrogen (secondary N) is 2. The van der Waals surface area contributed by atoms with Crippen LogP contribution in [0.3, 0.4) is 0 Å². The van der Waals surface area contributed by atoms with Gasteiger partial charge in [0.1, 0.15) is 33.7 Å². The van der Waals surface area contributed by atoms with Gasteiger partial charge in [0.25, 0.3) is 15.9 Å². The number of aromatic amines is 1. The predicted octanol–water partition coefficient (Wildman–Crippen LogP) is 7.99. The van der Waals surface area contributed by atoms with Gasteiger partial charge in [-0.2, -0.15) is 5.26 Å². The molecule has 2 fully saturated rings. The molecule has 0 unspecified atom stereocenters. The summed E-state index contributed by atoms with van der Waals surface area (Å²) >= 11 is 6.24. The second kappa shape index (κ2) is 17.6. The third-order valence-corrected chi connectivity index (χ3v) is 13.2. The number of pyridine rings is 2. The second-order valence-corrected chi connectivity index (χ2v) is 18.6. The van der Waals surface area contributed by atoms with E-state index in [0.717, 1.165) is 93.2 Å². The molecule has 0 radical (unpaired) electrons. The van der Waals surface area contributed by atoms with Crippen LogP contribution in [0.5, 0.6) is 17.4 Å². The maximum absolute atomic E-state index is 13.9. The molecule has 5 heterocycles. The number of hydrogen-bond acceptors (Lipinski definition) is 11. The van der Waals surface area contributed by atoms with E-state index in [1.54, 1.807) is 30.6 Å². The van der Waals surface area contributed by atoms with Crippen LogP contribution in [0, 0.1) is 22.7 Å². The number of H-pyrrole nitrogens is 1. The standard InChI is InChI=1S/C45H48ClN7O6S/c1-45(2)13-9-33(40(24-45)31-3-5-35(46)6-4-31)28-52-15-17-53(18-16-52)36-7-8-39(41(23-36)59-37-21-32-10-14-48-42(32)49-26-37)43(54)51-60(55,56)38-22-34(25-47)44(50-27-38)58-29-30-11-19-57-20-12-30/h3-8,10,14,21-23,26-27,30H,9,11-13,15-20,24,28-29H2,1-2H3,(H,48,49)(H,51,54). The highest BCUT2D eigenvalue weighted by molar-refractivity contribution is 7.90. The molecule has 2 saturated heterocycles. The van der Waals surface area contributed by atoms with Crippen LogP contribution in [-0.2, 0) is 14.8 Å². The van der Waals surface area contributed by atoms with Crippen molar-refractivity contribution in [3.8, 4) is 23.4 Å². The molecule has 0 bridgehead atoms. The number of nitrogens with zero attached hydrogens (tertiary/aromatic N) is 5. The van der Waals surface area contributed by atoms with Gasteiger partial charge in [-0.3, -0.25) is 9.69 Å². The Kier molecular flexibility index (Phi) is 12.1. The number of carbonyl (C=O) groups excluding carboxylic acids is 1. The average Bonchev–Trinajstić information content (AvgIpc) is 3.72. The summed E-state index contributed by atoms with van der Waals surface area (Å²) in [5.74, 6) is -0.0897. The van der Waals surface area contributed by atoms with Gasteiger partial charge in [0.2, 0.25) is 5.88 Å². The highest BCUT2D eigenvalue weighted by Gasteiger charge is 2.30. The molecule has 2 N–H and O–H groups in total. The van der Waals surface area contributed by atoms with E-state index < -0.39 is 15.9 Å². The number of carbonyl (C=O) groups is 1. The molecule has 15 heteroatoms. The van der Waals surface area contributed by atoms with Gasteiger partial charge in [-0.05, 0) is 97.0 Å². The number of benzene rings is 2. The minimum absolute atomic E-state index is 0.00176. The van der Waals surface area contributed by atoms with E-state index >= 15 is 0 Å². The van der Waals surface area contributed by atoms with Crippen LogP contribution < -0.4 is 19.1 Å². The molecule has 8 rings (SSSR count). The zero-order chi connectivity index (χ0) is 41.9. The van der Waals surface area contributed by atoms with E-state index in [1.165, 1.54) is 16.7 Å². The third-order valence-electron chi connectivity index (χ3n) is 11.6. The monoisotopic (exact) mass is 849 g/mol. The highest BCUT2D eigenvalue weighted by Crippen LogP contribution is 2.43. The third kappa shape index (κ3) is 9.61. The van der Waals surface area contributed by atoms with Crippen molar-refractivity contribution in [2.24, 2.45) is 11.3 Å².